The summed E-state index contributed by atoms with van der Waals surface area (Å²) < 4.78 is 32.2. The Labute approximate surface area is 117 Å². The molecule has 0 spiro atoms. The van der Waals surface area contributed by atoms with Gasteiger partial charge < -0.3 is 4.74 Å². The van der Waals surface area contributed by atoms with Crippen molar-refractivity contribution in [1.29, 1.82) is 0 Å². The lowest BCUT2D eigenvalue weighted by Gasteiger charge is -2.08. The fourth-order valence-corrected chi connectivity index (χ4v) is 1.72. The van der Waals surface area contributed by atoms with Gasteiger partial charge in [0, 0.05) is 11.9 Å². The summed E-state index contributed by atoms with van der Waals surface area (Å²) in [6, 6.07) is 7.61. The number of alkyl halides is 1. The summed E-state index contributed by atoms with van der Waals surface area (Å²) in [5.41, 5.74) is -0.198. The van der Waals surface area contributed by atoms with Crippen molar-refractivity contribution in [3.8, 4) is 11.5 Å². The van der Waals surface area contributed by atoms with Crippen LogP contribution in [0.5, 0.6) is 11.5 Å². The largest absolute Gasteiger partial charge is 0.454 e. The second-order valence-electron chi connectivity index (χ2n) is 3.87. The molecule has 0 aliphatic heterocycles. The van der Waals surface area contributed by atoms with Crippen LogP contribution >= 0.6 is 11.6 Å². The molecule has 2 aromatic carbocycles. The molecule has 0 aliphatic rings. The van der Waals surface area contributed by atoms with Crippen molar-refractivity contribution in [2.75, 3.05) is 0 Å². The van der Waals surface area contributed by atoms with E-state index in [2.05, 4.69) is 0 Å². The number of rotatable bonds is 4. The molecule has 0 unspecified atom stereocenters. The van der Waals surface area contributed by atoms with Crippen molar-refractivity contribution < 1.29 is 18.4 Å². The lowest BCUT2D eigenvalue weighted by molar-refractivity contribution is -0.387. The third-order valence-corrected chi connectivity index (χ3v) is 2.79. The van der Waals surface area contributed by atoms with Crippen LogP contribution in [0.25, 0.3) is 0 Å². The number of nitrogens with zero attached hydrogens (tertiary/aromatic N) is 1. The Morgan fingerprint density at radius 2 is 1.95 bits per heavy atom. The van der Waals surface area contributed by atoms with Crippen molar-refractivity contribution in [1.82, 2.24) is 0 Å². The van der Waals surface area contributed by atoms with Gasteiger partial charge in [-0.15, -0.1) is 11.6 Å². The predicted molar refractivity (Wildman–Crippen MR) is 69.1 cm³/mol. The van der Waals surface area contributed by atoms with Gasteiger partial charge in [-0.1, -0.05) is 12.1 Å². The van der Waals surface area contributed by atoms with Crippen molar-refractivity contribution in [3.05, 3.63) is 63.7 Å². The number of nitro benzene ring substituents is 1. The Morgan fingerprint density at radius 1 is 1.20 bits per heavy atom. The summed E-state index contributed by atoms with van der Waals surface area (Å²) in [6.07, 6.45) is 0. The van der Waals surface area contributed by atoms with Gasteiger partial charge in [0.05, 0.1) is 11.0 Å². The van der Waals surface area contributed by atoms with Crippen molar-refractivity contribution in [2.45, 2.75) is 5.88 Å². The molecule has 0 aliphatic carbocycles. The molecule has 2 rings (SSSR count). The molecule has 104 valence electrons. The molecule has 0 atom stereocenters. The van der Waals surface area contributed by atoms with E-state index in [1.165, 1.54) is 6.07 Å². The first-order valence-corrected chi connectivity index (χ1v) is 6.01. The van der Waals surface area contributed by atoms with Gasteiger partial charge in [0.1, 0.15) is 5.75 Å². The number of hydrogen-bond donors (Lipinski definition) is 0. The van der Waals surface area contributed by atoms with Crippen LogP contribution in [-0.2, 0) is 5.88 Å². The number of hydrogen-bond acceptors (Lipinski definition) is 3. The lowest BCUT2D eigenvalue weighted by Crippen LogP contribution is -1.96. The van der Waals surface area contributed by atoms with Gasteiger partial charge in [0.25, 0.3) is 0 Å². The van der Waals surface area contributed by atoms with Crippen molar-refractivity contribution >= 4 is 17.3 Å². The SMILES string of the molecule is O=[N+]([O-])c1cc(F)c(Oc2cccc(CCl)c2)cc1F. The van der Waals surface area contributed by atoms with Crippen molar-refractivity contribution in [2.24, 2.45) is 0 Å². The average molecular weight is 300 g/mol. The second kappa shape index (κ2) is 5.83. The van der Waals surface area contributed by atoms with Gasteiger partial charge in [-0.2, -0.15) is 4.39 Å². The van der Waals surface area contributed by atoms with Crippen LogP contribution in [0.15, 0.2) is 36.4 Å². The second-order valence-corrected chi connectivity index (χ2v) is 4.14. The predicted octanol–water partition coefficient (Wildman–Crippen LogP) is 4.40. The Morgan fingerprint density at radius 3 is 2.60 bits per heavy atom. The minimum atomic E-state index is -1.17. The molecule has 0 saturated carbocycles. The number of benzene rings is 2. The molecule has 4 nitrogen and oxygen atoms in total. The van der Waals surface area contributed by atoms with E-state index >= 15 is 0 Å². The lowest BCUT2D eigenvalue weighted by atomic mass is 10.2. The maximum absolute atomic E-state index is 13.6. The molecule has 7 heteroatoms. The molecule has 0 amide bonds. The highest BCUT2D eigenvalue weighted by Crippen LogP contribution is 2.30. The first-order chi connectivity index (χ1) is 9.51. The zero-order valence-electron chi connectivity index (χ0n) is 9.98. The highest BCUT2D eigenvalue weighted by molar-refractivity contribution is 6.17. The van der Waals surface area contributed by atoms with Crippen LogP contribution in [0.1, 0.15) is 5.56 Å². The maximum atomic E-state index is 13.6. The van der Waals surface area contributed by atoms with Crippen LogP contribution in [0, 0.1) is 21.7 Å². The molecular formula is C13H8ClF2NO3. The molecule has 0 heterocycles. The third kappa shape index (κ3) is 3.03. The first-order valence-electron chi connectivity index (χ1n) is 5.47. The van der Waals surface area contributed by atoms with Gasteiger partial charge in [-0.3, -0.25) is 10.1 Å². The first kappa shape index (κ1) is 14.2. The van der Waals surface area contributed by atoms with Crippen molar-refractivity contribution in [3.63, 3.8) is 0 Å². The summed E-state index contributed by atoms with van der Waals surface area (Å²) in [6.45, 7) is 0. The van der Waals surface area contributed by atoms with Gasteiger partial charge in [0.15, 0.2) is 11.6 Å². The van der Waals surface area contributed by atoms with E-state index in [9.17, 15) is 18.9 Å². The molecule has 0 radical (unpaired) electrons. The molecule has 0 bridgehead atoms. The van der Waals surface area contributed by atoms with E-state index in [0.29, 0.717) is 12.1 Å². The van der Waals surface area contributed by atoms with E-state index in [4.69, 9.17) is 16.3 Å². The standard InChI is InChI=1S/C13H8ClF2NO3/c14-7-8-2-1-3-9(4-8)20-13-6-10(15)12(17(18)19)5-11(13)16/h1-6H,7H2. The Kier molecular flexibility index (Phi) is 4.14. The molecular weight excluding hydrogens is 292 g/mol. The van der Waals surface area contributed by atoms with Gasteiger partial charge >= 0.3 is 5.69 Å². The Hall–Kier alpha value is -2.21. The van der Waals surface area contributed by atoms with E-state index in [1.54, 1.807) is 18.2 Å². The van der Waals surface area contributed by atoms with Gasteiger partial charge in [0.2, 0.25) is 5.82 Å². The number of nitro groups is 1. The molecule has 0 aromatic heterocycles. The van der Waals surface area contributed by atoms with Crippen LogP contribution < -0.4 is 4.74 Å². The summed E-state index contributed by atoms with van der Waals surface area (Å²) in [5.74, 6) is -2.11. The smallest absolute Gasteiger partial charge is 0.307 e. The summed E-state index contributed by atoms with van der Waals surface area (Å²) in [4.78, 5) is 9.47. The monoisotopic (exact) mass is 299 g/mol. The normalized spacial score (nSPS) is 10.3. The minimum absolute atomic E-state index is 0.244. The zero-order chi connectivity index (χ0) is 14.7. The van der Waals surface area contributed by atoms with E-state index < -0.39 is 28.0 Å². The van der Waals surface area contributed by atoms with Gasteiger partial charge in [-0.25, -0.2) is 4.39 Å². The Balaban J connectivity index is 2.34. The fourth-order valence-electron chi connectivity index (χ4n) is 1.56. The van der Waals surface area contributed by atoms with E-state index in [0.717, 1.165) is 5.56 Å². The molecule has 2 aromatic rings. The van der Waals surface area contributed by atoms with E-state index in [1.807, 2.05) is 0 Å². The zero-order valence-corrected chi connectivity index (χ0v) is 10.7. The molecule has 20 heavy (non-hydrogen) atoms. The quantitative estimate of drug-likeness (QED) is 0.477. The average Bonchev–Trinajstić information content (AvgIpc) is 2.42. The maximum Gasteiger partial charge on any atom is 0.307 e. The van der Waals surface area contributed by atoms with E-state index in [-0.39, 0.29) is 11.6 Å². The third-order valence-electron chi connectivity index (χ3n) is 2.48. The fraction of sp³-hybridized carbons (Fsp3) is 0.0769. The van der Waals surface area contributed by atoms with Crippen LogP contribution in [-0.4, -0.2) is 4.92 Å². The molecule has 0 saturated heterocycles. The summed E-state index contributed by atoms with van der Waals surface area (Å²) >= 11 is 5.65. The highest BCUT2D eigenvalue weighted by atomic mass is 35.5. The van der Waals surface area contributed by atoms with Crippen LogP contribution in [0.4, 0.5) is 14.5 Å². The van der Waals surface area contributed by atoms with Gasteiger partial charge in [-0.05, 0) is 17.7 Å². The van der Waals surface area contributed by atoms with Crippen LogP contribution in [0.3, 0.4) is 0 Å². The number of ether oxygens (including phenoxy) is 1. The molecule has 0 fully saturated rings. The highest BCUT2D eigenvalue weighted by Gasteiger charge is 2.19. The summed E-state index contributed by atoms with van der Waals surface area (Å²) in [7, 11) is 0. The molecule has 0 N–H and O–H groups in total. The summed E-state index contributed by atoms with van der Waals surface area (Å²) in [5, 5.41) is 10.5. The topological polar surface area (TPSA) is 52.4 Å². The number of halogens is 3. The van der Waals surface area contributed by atoms with Crippen LogP contribution in [0.2, 0.25) is 0 Å². The minimum Gasteiger partial charge on any atom is -0.454 e. The Bertz CT molecular complexity index is 664.